The number of rotatable bonds is 6. The number of benzene rings is 2. The minimum atomic E-state index is -3.56. The molecule has 6 heteroatoms. The highest BCUT2D eigenvalue weighted by atomic mass is 32.2. The Hall–Kier alpha value is -1.89. The van der Waals surface area contributed by atoms with Crippen LogP contribution in [0.15, 0.2) is 53.4 Å². The van der Waals surface area contributed by atoms with Gasteiger partial charge in [0, 0.05) is 13.1 Å². The first-order valence-corrected chi connectivity index (χ1v) is 10.7. The van der Waals surface area contributed by atoms with Crippen molar-refractivity contribution in [3.05, 3.63) is 59.7 Å². The summed E-state index contributed by atoms with van der Waals surface area (Å²) in [5, 5.41) is 0. The van der Waals surface area contributed by atoms with Crippen molar-refractivity contribution in [3.63, 3.8) is 0 Å². The molecule has 0 radical (unpaired) electrons. The molecule has 146 valence electrons. The van der Waals surface area contributed by atoms with Gasteiger partial charge in [0.2, 0.25) is 10.0 Å². The highest BCUT2D eigenvalue weighted by molar-refractivity contribution is 7.89. The predicted octanol–water partition coefficient (Wildman–Crippen LogP) is 3.79. The van der Waals surface area contributed by atoms with Crippen molar-refractivity contribution in [1.82, 2.24) is 4.31 Å². The molecule has 1 heterocycles. The maximum absolute atomic E-state index is 13.0. The fourth-order valence-corrected chi connectivity index (χ4v) is 4.37. The van der Waals surface area contributed by atoms with E-state index in [1.807, 2.05) is 31.2 Å². The average Bonchev–Trinajstić information content (AvgIpc) is 2.67. The summed E-state index contributed by atoms with van der Waals surface area (Å²) in [6.45, 7) is 7.83. The predicted molar refractivity (Wildman–Crippen MR) is 105 cm³/mol. The van der Waals surface area contributed by atoms with Gasteiger partial charge in [-0.05, 0) is 42.7 Å². The minimum Gasteiger partial charge on any atom is -0.493 e. The smallest absolute Gasteiger partial charge is 0.243 e. The zero-order chi connectivity index (χ0) is 19.4. The van der Waals surface area contributed by atoms with Crippen LogP contribution in [0.1, 0.15) is 31.1 Å². The van der Waals surface area contributed by atoms with Crippen LogP contribution in [0.2, 0.25) is 0 Å². The summed E-state index contributed by atoms with van der Waals surface area (Å²) in [5.74, 6) is 1.10. The van der Waals surface area contributed by atoms with Crippen molar-refractivity contribution >= 4 is 10.0 Å². The van der Waals surface area contributed by atoms with Crippen molar-refractivity contribution in [2.45, 2.75) is 31.8 Å². The third-order valence-corrected chi connectivity index (χ3v) is 6.40. The van der Waals surface area contributed by atoms with Gasteiger partial charge < -0.3 is 9.47 Å². The molecule has 1 fully saturated rings. The van der Waals surface area contributed by atoms with E-state index in [1.54, 1.807) is 24.3 Å². The van der Waals surface area contributed by atoms with E-state index < -0.39 is 10.0 Å². The van der Waals surface area contributed by atoms with Crippen molar-refractivity contribution in [3.8, 4) is 5.75 Å². The summed E-state index contributed by atoms with van der Waals surface area (Å²) in [7, 11) is -3.56. The van der Waals surface area contributed by atoms with Crippen LogP contribution in [0.5, 0.6) is 5.75 Å². The zero-order valence-electron chi connectivity index (χ0n) is 16.1. The normalized spacial score (nSPS) is 18.6. The number of nitrogens with zero attached hydrogens (tertiary/aromatic N) is 1. The summed E-state index contributed by atoms with van der Waals surface area (Å²) in [4.78, 5) is 0.281. The molecular weight excluding hydrogens is 362 g/mol. The van der Waals surface area contributed by atoms with Crippen LogP contribution in [0.4, 0.5) is 0 Å². The SMILES string of the molecule is Cc1ccc(C2CN(S(=O)(=O)c3ccc(OCC(C)C)cc3)CCO2)cc1. The lowest BCUT2D eigenvalue weighted by atomic mass is 10.1. The summed E-state index contributed by atoms with van der Waals surface area (Å²) < 4.78 is 39.0. The van der Waals surface area contributed by atoms with E-state index in [-0.39, 0.29) is 11.0 Å². The second kappa shape index (κ2) is 8.42. The Morgan fingerprint density at radius 2 is 1.78 bits per heavy atom. The molecule has 0 amide bonds. The maximum Gasteiger partial charge on any atom is 0.243 e. The quantitative estimate of drug-likeness (QED) is 0.754. The van der Waals surface area contributed by atoms with E-state index in [0.717, 1.165) is 5.56 Å². The number of hydrogen-bond donors (Lipinski definition) is 0. The van der Waals surface area contributed by atoms with Gasteiger partial charge in [0.1, 0.15) is 5.75 Å². The van der Waals surface area contributed by atoms with Gasteiger partial charge in [0.15, 0.2) is 0 Å². The first kappa shape index (κ1) is 19.9. The molecule has 5 nitrogen and oxygen atoms in total. The van der Waals surface area contributed by atoms with Gasteiger partial charge in [-0.2, -0.15) is 4.31 Å². The standard InChI is InChI=1S/C21H27NO4S/c1-16(2)15-26-19-8-10-20(11-9-19)27(23,24)22-12-13-25-21(14-22)18-6-4-17(3)5-7-18/h4-11,16,21H,12-15H2,1-3H3. The molecule has 2 aromatic carbocycles. The van der Waals surface area contributed by atoms with Crippen LogP contribution in [0.3, 0.4) is 0 Å². The van der Waals surface area contributed by atoms with Gasteiger partial charge in [-0.15, -0.1) is 0 Å². The fraction of sp³-hybridized carbons (Fsp3) is 0.429. The van der Waals surface area contributed by atoms with Gasteiger partial charge in [-0.1, -0.05) is 43.7 Å². The molecule has 3 rings (SSSR count). The van der Waals surface area contributed by atoms with Crippen LogP contribution in [-0.2, 0) is 14.8 Å². The van der Waals surface area contributed by atoms with E-state index in [2.05, 4.69) is 13.8 Å². The van der Waals surface area contributed by atoms with Gasteiger partial charge in [-0.25, -0.2) is 8.42 Å². The van der Waals surface area contributed by atoms with Crippen LogP contribution >= 0.6 is 0 Å². The lowest BCUT2D eigenvalue weighted by Gasteiger charge is -2.32. The molecule has 0 N–H and O–H groups in total. The summed E-state index contributed by atoms with van der Waals surface area (Å²) in [6.07, 6.45) is -0.247. The summed E-state index contributed by atoms with van der Waals surface area (Å²) in [5.41, 5.74) is 2.16. The molecule has 1 aliphatic rings. The Morgan fingerprint density at radius 1 is 1.11 bits per heavy atom. The van der Waals surface area contributed by atoms with Crippen LogP contribution < -0.4 is 4.74 Å². The first-order chi connectivity index (χ1) is 12.9. The third kappa shape index (κ3) is 4.89. The molecule has 1 saturated heterocycles. The molecule has 27 heavy (non-hydrogen) atoms. The average molecular weight is 390 g/mol. The maximum atomic E-state index is 13.0. The molecule has 2 aromatic rings. The van der Waals surface area contributed by atoms with Gasteiger partial charge in [0.05, 0.1) is 24.2 Å². The van der Waals surface area contributed by atoms with Crippen LogP contribution in [0, 0.1) is 12.8 Å². The van der Waals surface area contributed by atoms with Crippen LogP contribution in [0.25, 0.3) is 0 Å². The Labute approximate surface area is 162 Å². The molecule has 1 aliphatic heterocycles. The number of morpholine rings is 1. The minimum absolute atomic E-state index is 0.247. The largest absolute Gasteiger partial charge is 0.493 e. The topological polar surface area (TPSA) is 55.8 Å². The molecule has 0 aliphatic carbocycles. The van der Waals surface area contributed by atoms with Crippen LogP contribution in [-0.4, -0.2) is 39.0 Å². The Balaban J connectivity index is 1.72. The Kier molecular flexibility index (Phi) is 6.19. The highest BCUT2D eigenvalue weighted by Crippen LogP contribution is 2.27. The van der Waals surface area contributed by atoms with Gasteiger partial charge in [0.25, 0.3) is 0 Å². The van der Waals surface area contributed by atoms with Crippen molar-refractivity contribution < 1.29 is 17.9 Å². The highest BCUT2D eigenvalue weighted by Gasteiger charge is 2.31. The second-order valence-corrected chi connectivity index (χ2v) is 9.25. The van der Waals surface area contributed by atoms with Gasteiger partial charge in [-0.3, -0.25) is 0 Å². The number of hydrogen-bond acceptors (Lipinski definition) is 4. The van der Waals surface area contributed by atoms with Crippen molar-refractivity contribution in [2.75, 3.05) is 26.3 Å². The summed E-state index contributed by atoms with van der Waals surface area (Å²) >= 11 is 0. The van der Waals surface area contributed by atoms with Crippen molar-refractivity contribution in [1.29, 1.82) is 0 Å². The zero-order valence-corrected chi connectivity index (χ0v) is 16.9. The van der Waals surface area contributed by atoms with Gasteiger partial charge >= 0.3 is 0 Å². The molecule has 1 unspecified atom stereocenters. The number of ether oxygens (including phenoxy) is 2. The van der Waals surface area contributed by atoms with Crippen molar-refractivity contribution in [2.24, 2.45) is 5.92 Å². The molecule has 0 saturated carbocycles. The van der Waals surface area contributed by atoms with E-state index in [0.29, 0.717) is 38.0 Å². The van der Waals surface area contributed by atoms with E-state index in [1.165, 1.54) is 9.87 Å². The monoisotopic (exact) mass is 389 g/mol. The third-order valence-electron chi connectivity index (χ3n) is 4.52. The fourth-order valence-electron chi connectivity index (χ4n) is 2.95. The Morgan fingerprint density at radius 3 is 2.41 bits per heavy atom. The van der Waals surface area contributed by atoms with E-state index in [4.69, 9.17) is 9.47 Å². The molecule has 0 bridgehead atoms. The Bertz CT molecular complexity index is 845. The second-order valence-electron chi connectivity index (χ2n) is 7.31. The van der Waals surface area contributed by atoms with E-state index >= 15 is 0 Å². The van der Waals surface area contributed by atoms with E-state index in [9.17, 15) is 8.42 Å². The molecule has 0 spiro atoms. The molecule has 0 aromatic heterocycles. The molecule has 1 atom stereocenters. The molecular formula is C21H27NO4S. The first-order valence-electron chi connectivity index (χ1n) is 9.27. The summed E-state index contributed by atoms with van der Waals surface area (Å²) in [6, 6.07) is 14.7. The number of aryl methyl sites for hydroxylation is 1. The lowest BCUT2D eigenvalue weighted by Crippen LogP contribution is -2.42. The lowest BCUT2D eigenvalue weighted by molar-refractivity contribution is -0.00256. The number of sulfonamides is 1.